The minimum absolute atomic E-state index is 0.212. The number of amides is 2. The standard InChI is InChI=1S/C22H18Cl3N3O3/c1-2-31-21(29)16-11-28(22(30)27-19-6-4-13(24)10-17(19)25)8-7-14-15-9-12(23)3-5-18(15)26-20(14)16/h3-6,9-11,26H,2,7-8H2,1H3,(H,27,30). The van der Waals surface area contributed by atoms with Crippen molar-refractivity contribution >= 4 is 69.0 Å². The van der Waals surface area contributed by atoms with Crippen LogP contribution in [0.25, 0.3) is 16.5 Å². The fraction of sp³-hybridized carbons (Fsp3) is 0.182. The number of halogens is 3. The van der Waals surface area contributed by atoms with Crippen molar-refractivity contribution < 1.29 is 14.3 Å². The van der Waals surface area contributed by atoms with Crippen LogP contribution < -0.4 is 5.32 Å². The molecule has 1 aliphatic rings. The molecule has 31 heavy (non-hydrogen) atoms. The van der Waals surface area contributed by atoms with E-state index in [4.69, 9.17) is 39.5 Å². The van der Waals surface area contributed by atoms with Crippen LogP contribution in [0.2, 0.25) is 15.1 Å². The first-order chi connectivity index (χ1) is 14.9. The molecule has 2 amide bonds. The van der Waals surface area contributed by atoms with Gasteiger partial charge in [-0.2, -0.15) is 0 Å². The molecular weight excluding hydrogens is 461 g/mol. The molecule has 0 saturated heterocycles. The zero-order valence-electron chi connectivity index (χ0n) is 16.5. The van der Waals surface area contributed by atoms with Gasteiger partial charge in [0.15, 0.2) is 0 Å². The molecule has 0 fully saturated rings. The normalized spacial score (nSPS) is 13.4. The number of anilines is 1. The minimum atomic E-state index is -0.523. The molecule has 0 radical (unpaired) electrons. The zero-order valence-corrected chi connectivity index (χ0v) is 18.7. The number of aromatic amines is 1. The Labute approximate surface area is 193 Å². The summed E-state index contributed by atoms with van der Waals surface area (Å²) in [5.74, 6) is -0.523. The van der Waals surface area contributed by atoms with Gasteiger partial charge in [0.25, 0.3) is 0 Å². The molecule has 0 atom stereocenters. The average Bonchev–Trinajstić information content (AvgIpc) is 2.95. The van der Waals surface area contributed by atoms with Gasteiger partial charge < -0.3 is 15.0 Å². The van der Waals surface area contributed by atoms with Gasteiger partial charge in [0.2, 0.25) is 0 Å². The van der Waals surface area contributed by atoms with Crippen LogP contribution in [0.15, 0.2) is 42.6 Å². The Morgan fingerprint density at radius 2 is 1.87 bits per heavy atom. The number of benzene rings is 2. The first-order valence-electron chi connectivity index (χ1n) is 9.59. The third-order valence-corrected chi connectivity index (χ3v) is 5.74. The summed E-state index contributed by atoms with van der Waals surface area (Å²) in [4.78, 5) is 30.4. The van der Waals surface area contributed by atoms with Crippen molar-refractivity contribution in [2.75, 3.05) is 18.5 Å². The van der Waals surface area contributed by atoms with E-state index in [0.717, 1.165) is 16.5 Å². The van der Waals surface area contributed by atoms with Gasteiger partial charge >= 0.3 is 12.0 Å². The van der Waals surface area contributed by atoms with Gasteiger partial charge in [-0.3, -0.25) is 4.90 Å². The van der Waals surface area contributed by atoms with Crippen molar-refractivity contribution in [2.45, 2.75) is 13.3 Å². The molecule has 0 spiro atoms. The Kier molecular flexibility index (Phi) is 6.14. The Bertz CT molecular complexity index is 1220. The molecule has 4 rings (SSSR count). The third kappa shape index (κ3) is 4.37. The number of carbonyl (C=O) groups excluding carboxylic acids is 2. The number of esters is 1. The van der Waals surface area contributed by atoms with E-state index in [1.54, 1.807) is 31.2 Å². The molecule has 0 unspecified atom stereocenters. The number of ether oxygens (including phenoxy) is 1. The number of fused-ring (bicyclic) bond motifs is 3. The smallest absolute Gasteiger partial charge is 0.341 e. The SMILES string of the molecule is CCOC(=O)C1=CN(C(=O)Nc2ccc(Cl)cc2Cl)CCc2c1[nH]c1ccc(Cl)cc21. The molecule has 2 N–H and O–H groups in total. The predicted molar refractivity (Wildman–Crippen MR) is 124 cm³/mol. The summed E-state index contributed by atoms with van der Waals surface area (Å²) < 4.78 is 5.24. The molecular formula is C22H18Cl3N3O3. The lowest BCUT2D eigenvalue weighted by molar-refractivity contribution is -0.136. The second-order valence-electron chi connectivity index (χ2n) is 6.93. The average molecular weight is 479 g/mol. The summed E-state index contributed by atoms with van der Waals surface area (Å²) in [5.41, 5.74) is 3.06. The number of H-pyrrole nitrogens is 1. The van der Waals surface area contributed by atoms with Crippen molar-refractivity contribution in [3.8, 4) is 0 Å². The summed E-state index contributed by atoms with van der Waals surface area (Å²) in [7, 11) is 0. The van der Waals surface area contributed by atoms with Crippen molar-refractivity contribution in [3.63, 3.8) is 0 Å². The molecule has 9 heteroatoms. The third-order valence-electron chi connectivity index (χ3n) is 4.95. The van der Waals surface area contributed by atoms with Crippen LogP contribution in [0, 0.1) is 0 Å². The van der Waals surface area contributed by atoms with Crippen molar-refractivity contribution in [1.82, 2.24) is 9.88 Å². The van der Waals surface area contributed by atoms with Gasteiger partial charge in [0, 0.05) is 33.7 Å². The molecule has 0 saturated carbocycles. The molecule has 2 aromatic carbocycles. The van der Waals surface area contributed by atoms with Gasteiger partial charge in [-0.05, 0) is 55.3 Å². The molecule has 0 aliphatic carbocycles. The lowest BCUT2D eigenvalue weighted by Gasteiger charge is -2.19. The van der Waals surface area contributed by atoms with Crippen molar-refractivity contribution in [1.29, 1.82) is 0 Å². The van der Waals surface area contributed by atoms with E-state index in [1.165, 1.54) is 11.1 Å². The number of rotatable bonds is 3. The number of urea groups is 1. The molecule has 2 heterocycles. The summed E-state index contributed by atoms with van der Waals surface area (Å²) in [6.45, 7) is 2.28. The molecule has 6 nitrogen and oxygen atoms in total. The van der Waals surface area contributed by atoms with E-state index in [0.29, 0.717) is 39.4 Å². The Balaban J connectivity index is 1.72. The van der Waals surface area contributed by atoms with Crippen LogP contribution in [-0.4, -0.2) is 35.0 Å². The van der Waals surface area contributed by atoms with E-state index < -0.39 is 12.0 Å². The van der Waals surface area contributed by atoms with Gasteiger partial charge in [-0.1, -0.05) is 34.8 Å². The van der Waals surface area contributed by atoms with Crippen LogP contribution in [0.5, 0.6) is 0 Å². The molecule has 1 aromatic heterocycles. The van der Waals surface area contributed by atoms with Gasteiger partial charge in [-0.25, -0.2) is 9.59 Å². The second kappa shape index (κ2) is 8.83. The van der Waals surface area contributed by atoms with Gasteiger partial charge in [-0.15, -0.1) is 0 Å². The highest BCUT2D eigenvalue weighted by Gasteiger charge is 2.27. The van der Waals surface area contributed by atoms with E-state index in [9.17, 15) is 9.59 Å². The van der Waals surface area contributed by atoms with Crippen LogP contribution >= 0.6 is 34.8 Å². The number of hydrogen-bond donors (Lipinski definition) is 2. The Hall–Kier alpha value is -2.67. The number of hydrogen-bond acceptors (Lipinski definition) is 3. The maximum Gasteiger partial charge on any atom is 0.341 e. The van der Waals surface area contributed by atoms with E-state index >= 15 is 0 Å². The summed E-state index contributed by atoms with van der Waals surface area (Å²) in [5, 5.41) is 5.03. The fourth-order valence-corrected chi connectivity index (χ4v) is 4.16. The highest BCUT2D eigenvalue weighted by atomic mass is 35.5. The summed E-state index contributed by atoms with van der Waals surface area (Å²) in [6.07, 6.45) is 2.01. The quantitative estimate of drug-likeness (QED) is 0.445. The summed E-state index contributed by atoms with van der Waals surface area (Å²) in [6, 6.07) is 9.85. The molecule has 1 aliphatic heterocycles. The van der Waals surface area contributed by atoms with E-state index in [-0.39, 0.29) is 12.2 Å². The van der Waals surface area contributed by atoms with E-state index in [2.05, 4.69) is 10.3 Å². The first kappa shape index (κ1) is 21.6. The zero-order chi connectivity index (χ0) is 22.1. The maximum absolute atomic E-state index is 13.0. The van der Waals surface area contributed by atoms with E-state index in [1.807, 2.05) is 12.1 Å². The summed E-state index contributed by atoms with van der Waals surface area (Å²) >= 11 is 18.3. The minimum Gasteiger partial charge on any atom is -0.462 e. The number of nitrogens with one attached hydrogen (secondary N) is 2. The van der Waals surface area contributed by atoms with Crippen LogP contribution in [-0.2, 0) is 16.0 Å². The number of carbonyl (C=O) groups is 2. The highest BCUT2D eigenvalue weighted by Crippen LogP contribution is 2.33. The fourth-order valence-electron chi connectivity index (χ4n) is 3.53. The molecule has 160 valence electrons. The van der Waals surface area contributed by atoms with Crippen LogP contribution in [0.1, 0.15) is 18.2 Å². The largest absolute Gasteiger partial charge is 0.462 e. The number of nitrogens with zero attached hydrogens (tertiary/aromatic N) is 1. The van der Waals surface area contributed by atoms with Crippen LogP contribution in [0.4, 0.5) is 10.5 Å². The number of aromatic nitrogens is 1. The van der Waals surface area contributed by atoms with Crippen molar-refractivity contribution in [3.05, 3.63) is 68.9 Å². The topological polar surface area (TPSA) is 74.4 Å². The lowest BCUT2D eigenvalue weighted by Crippen LogP contribution is -2.32. The Morgan fingerprint density at radius 1 is 1.13 bits per heavy atom. The molecule has 3 aromatic rings. The van der Waals surface area contributed by atoms with Gasteiger partial charge in [0.1, 0.15) is 0 Å². The predicted octanol–water partition coefficient (Wildman–Crippen LogP) is 6.12. The van der Waals surface area contributed by atoms with Gasteiger partial charge in [0.05, 0.1) is 28.6 Å². The molecule has 0 bridgehead atoms. The Morgan fingerprint density at radius 3 is 2.61 bits per heavy atom. The maximum atomic E-state index is 13.0. The highest BCUT2D eigenvalue weighted by molar-refractivity contribution is 6.36. The van der Waals surface area contributed by atoms with Crippen LogP contribution in [0.3, 0.4) is 0 Å². The monoisotopic (exact) mass is 477 g/mol. The van der Waals surface area contributed by atoms with Crippen molar-refractivity contribution in [2.24, 2.45) is 0 Å². The second-order valence-corrected chi connectivity index (χ2v) is 8.21. The first-order valence-corrected chi connectivity index (χ1v) is 10.7. The lowest BCUT2D eigenvalue weighted by atomic mass is 10.0.